The zero-order chi connectivity index (χ0) is 11.4. The van der Waals surface area contributed by atoms with Crippen molar-refractivity contribution < 1.29 is 4.79 Å². The van der Waals surface area contributed by atoms with Gasteiger partial charge in [0.15, 0.2) is 0 Å². The van der Waals surface area contributed by atoms with Crippen molar-refractivity contribution in [3.63, 3.8) is 0 Å². The molecule has 2 N–H and O–H groups in total. The van der Waals surface area contributed by atoms with Gasteiger partial charge in [-0.2, -0.15) is 0 Å². The van der Waals surface area contributed by atoms with Crippen LogP contribution in [0.3, 0.4) is 0 Å². The Balaban J connectivity index is 1.87. The first kappa shape index (κ1) is 10.9. The summed E-state index contributed by atoms with van der Waals surface area (Å²) in [6, 6.07) is 4.39. The van der Waals surface area contributed by atoms with Gasteiger partial charge in [-0.15, -0.1) is 0 Å². The Morgan fingerprint density at radius 3 is 2.88 bits per heavy atom. The van der Waals surface area contributed by atoms with Crippen LogP contribution in [0, 0.1) is 0 Å². The molecule has 0 unspecified atom stereocenters. The first-order chi connectivity index (χ1) is 7.78. The number of carbonyl (C=O) groups excluding carboxylic acids is 1. The molecule has 1 aromatic rings. The zero-order valence-electron chi connectivity index (χ0n) is 9.49. The molecule has 1 aromatic heterocycles. The molecule has 1 aliphatic carbocycles. The highest BCUT2D eigenvalue weighted by Crippen LogP contribution is 2.23. The molecule has 1 fully saturated rings. The van der Waals surface area contributed by atoms with Crippen molar-refractivity contribution in [1.29, 1.82) is 0 Å². The van der Waals surface area contributed by atoms with Crippen molar-refractivity contribution >= 4 is 17.4 Å². The van der Waals surface area contributed by atoms with Crippen LogP contribution in [0.25, 0.3) is 0 Å². The first-order valence-electron chi connectivity index (χ1n) is 5.80. The topological polar surface area (TPSA) is 54.0 Å². The Labute approximate surface area is 95.5 Å². The van der Waals surface area contributed by atoms with Crippen molar-refractivity contribution in [2.45, 2.75) is 38.6 Å². The van der Waals surface area contributed by atoms with E-state index in [0.717, 1.165) is 17.9 Å². The zero-order valence-corrected chi connectivity index (χ0v) is 9.49. The fraction of sp³-hybridized carbons (Fsp3) is 0.500. The molecule has 86 valence electrons. The summed E-state index contributed by atoms with van der Waals surface area (Å²) in [4.78, 5) is 15.6. The Morgan fingerprint density at radius 1 is 1.50 bits per heavy atom. The maximum atomic E-state index is 11.3. The van der Waals surface area contributed by atoms with Gasteiger partial charge in [0.1, 0.15) is 5.82 Å². The van der Waals surface area contributed by atoms with Crippen LogP contribution in [0.1, 0.15) is 32.6 Å². The van der Waals surface area contributed by atoms with E-state index in [0.29, 0.717) is 12.5 Å². The fourth-order valence-electron chi connectivity index (χ4n) is 1.44. The second-order valence-corrected chi connectivity index (χ2v) is 4.15. The van der Waals surface area contributed by atoms with Crippen LogP contribution >= 0.6 is 0 Å². The summed E-state index contributed by atoms with van der Waals surface area (Å²) in [6.07, 6.45) is 5.58. The van der Waals surface area contributed by atoms with Crippen LogP contribution in [-0.4, -0.2) is 16.9 Å². The normalized spacial score (nSPS) is 14.6. The standard InChI is InChI=1S/C12H17N3O/c1-2-3-12(16)15-10-6-7-11(13-8-10)14-9-4-5-9/h6-9H,2-5H2,1H3,(H,13,14)(H,15,16). The van der Waals surface area contributed by atoms with E-state index in [1.807, 2.05) is 19.1 Å². The number of amides is 1. The lowest BCUT2D eigenvalue weighted by atomic mass is 10.3. The molecule has 4 heteroatoms. The lowest BCUT2D eigenvalue weighted by Gasteiger charge is -2.06. The molecule has 0 saturated heterocycles. The Hall–Kier alpha value is -1.58. The van der Waals surface area contributed by atoms with Crippen LogP contribution in [0.5, 0.6) is 0 Å². The minimum atomic E-state index is 0.0483. The predicted molar refractivity (Wildman–Crippen MR) is 64.4 cm³/mol. The monoisotopic (exact) mass is 219 g/mol. The van der Waals surface area contributed by atoms with E-state index in [9.17, 15) is 4.79 Å². The van der Waals surface area contributed by atoms with Crippen LogP contribution in [0.4, 0.5) is 11.5 Å². The average Bonchev–Trinajstić information content (AvgIpc) is 3.05. The van der Waals surface area contributed by atoms with E-state index in [2.05, 4.69) is 15.6 Å². The second-order valence-electron chi connectivity index (χ2n) is 4.15. The van der Waals surface area contributed by atoms with Gasteiger partial charge in [-0.1, -0.05) is 6.92 Å². The molecule has 2 rings (SSSR count). The van der Waals surface area contributed by atoms with Gasteiger partial charge in [0.2, 0.25) is 5.91 Å². The van der Waals surface area contributed by atoms with Crippen molar-refractivity contribution in [1.82, 2.24) is 4.98 Å². The lowest BCUT2D eigenvalue weighted by Crippen LogP contribution is -2.11. The minimum Gasteiger partial charge on any atom is -0.367 e. The number of carbonyl (C=O) groups is 1. The molecule has 0 radical (unpaired) electrons. The maximum absolute atomic E-state index is 11.3. The quantitative estimate of drug-likeness (QED) is 0.799. The van der Waals surface area contributed by atoms with E-state index in [4.69, 9.17) is 0 Å². The minimum absolute atomic E-state index is 0.0483. The molecule has 0 aromatic carbocycles. The third kappa shape index (κ3) is 3.22. The van der Waals surface area contributed by atoms with Gasteiger partial charge in [-0.3, -0.25) is 4.79 Å². The highest BCUT2D eigenvalue weighted by atomic mass is 16.1. The van der Waals surface area contributed by atoms with Crippen molar-refractivity contribution in [2.24, 2.45) is 0 Å². The van der Waals surface area contributed by atoms with Gasteiger partial charge >= 0.3 is 0 Å². The predicted octanol–water partition coefficient (Wildman–Crippen LogP) is 2.39. The van der Waals surface area contributed by atoms with Crippen molar-refractivity contribution in [2.75, 3.05) is 10.6 Å². The molecule has 1 amide bonds. The summed E-state index contributed by atoms with van der Waals surface area (Å²) < 4.78 is 0. The Bertz CT molecular complexity index is 357. The number of nitrogens with one attached hydrogen (secondary N) is 2. The van der Waals surface area contributed by atoms with E-state index in [1.54, 1.807) is 6.20 Å². The third-order valence-corrected chi connectivity index (χ3v) is 2.45. The smallest absolute Gasteiger partial charge is 0.224 e. The van der Waals surface area contributed by atoms with Gasteiger partial charge in [0, 0.05) is 12.5 Å². The molecule has 4 nitrogen and oxygen atoms in total. The third-order valence-electron chi connectivity index (χ3n) is 2.45. The summed E-state index contributed by atoms with van der Waals surface area (Å²) >= 11 is 0. The molecular formula is C12H17N3O. The summed E-state index contributed by atoms with van der Waals surface area (Å²) in [5.41, 5.74) is 0.764. The number of hydrogen-bond acceptors (Lipinski definition) is 3. The average molecular weight is 219 g/mol. The molecule has 1 heterocycles. The molecule has 0 spiro atoms. The number of anilines is 2. The number of nitrogens with zero attached hydrogens (tertiary/aromatic N) is 1. The summed E-state index contributed by atoms with van der Waals surface area (Å²) in [5, 5.41) is 6.11. The molecule has 0 atom stereocenters. The highest BCUT2D eigenvalue weighted by molar-refractivity contribution is 5.90. The Kier molecular flexibility index (Phi) is 3.39. The van der Waals surface area contributed by atoms with Crippen LogP contribution in [-0.2, 0) is 4.79 Å². The number of hydrogen-bond donors (Lipinski definition) is 2. The second kappa shape index (κ2) is 4.96. The van der Waals surface area contributed by atoms with Crippen LogP contribution in [0.15, 0.2) is 18.3 Å². The summed E-state index contributed by atoms with van der Waals surface area (Å²) in [6.45, 7) is 1.99. The summed E-state index contributed by atoms with van der Waals surface area (Å²) in [7, 11) is 0. The molecular weight excluding hydrogens is 202 g/mol. The van der Waals surface area contributed by atoms with Gasteiger partial charge in [-0.25, -0.2) is 4.98 Å². The van der Waals surface area contributed by atoms with Gasteiger partial charge in [0.05, 0.1) is 11.9 Å². The van der Waals surface area contributed by atoms with Crippen LogP contribution < -0.4 is 10.6 Å². The highest BCUT2D eigenvalue weighted by Gasteiger charge is 2.20. The lowest BCUT2D eigenvalue weighted by molar-refractivity contribution is -0.116. The fourth-order valence-corrected chi connectivity index (χ4v) is 1.44. The van der Waals surface area contributed by atoms with Crippen LogP contribution in [0.2, 0.25) is 0 Å². The Morgan fingerprint density at radius 2 is 2.31 bits per heavy atom. The van der Waals surface area contributed by atoms with E-state index < -0.39 is 0 Å². The SMILES string of the molecule is CCCC(=O)Nc1ccc(NC2CC2)nc1. The van der Waals surface area contributed by atoms with Gasteiger partial charge in [-0.05, 0) is 31.4 Å². The van der Waals surface area contributed by atoms with E-state index in [1.165, 1.54) is 12.8 Å². The molecule has 0 aliphatic heterocycles. The van der Waals surface area contributed by atoms with Gasteiger partial charge in [0.25, 0.3) is 0 Å². The number of aromatic nitrogens is 1. The number of rotatable bonds is 5. The van der Waals surface area contributed by atoms with Gasteiger partial charge < -0.3 is 10.6 Å². The molecule has 16 heavy (non-hydrogen) atoms. The van der Waals surface area contributed by atoms with Crippen molar-refractivity contribution in [3.05, 3.63) is 18.3 Å². The molecule has 1 aliphatic rings. The maximum Gasteiger partial charge on any atom is 0.224 e. The van der Waals surface area contributed by atoms with E-state index in [-0.39, 0.29) is 5.91 Å². The van der Waals surface area contributed by atoms with E-state index >= 15 is 0 Å². The molecule has 1 saturated carbocycles. The molecule has 0 bridgehead atoms. The summed E-state index contributed by atoms with van der Waals surface area (Å²) in [5.74, 6) is 0.934. The van der Waals surface area contributed by atoms with Crippen molar-refractivity contribution in [3.8, 4) is 0 Å². The largest absolute Gasteiger partial charge is 0.367 e. The first-order valence-corrected chi connectivity index (χ1v) is 5.80. The number of pyridine rings is 1.